The molecule has 4 rings (SSSR count). The summed E-state index contributed by atoms with van der Waals surface area (Å²) in [7, 11) is 1.81. The number of aliphatic hydroxyl groups is 1. The SMILES string of the molecule is CN1CC(c2ccc(Cl)cc2F)C(C(O)c2cccnc2)=C1c1ccccc1F. The highest BCUT2D eigenvalue weighted by Gasteiger charge is 2.38. The molecule has 2 aromatic carbocycles. The molecule has 3 aromatic rings. The summed E-state index contributed by atoms with van der Waals surface area (Å²) in [6.45, 7) is 0.398. The van der Waals surface area contributed by atoms with Crippen LogP contribution in [0.25, 0.3) is 5.70 Å². The molecule has 0 saturated carbocycles. The van der Waals surface area contributed by atoms with Gasteiger partial charge in [0.2, 0.25) is 0 Å². The van der Waals surface area contributed by atoms with Crippen molar-refractivity contribution in [3.8, 4) is 0 Å². The zero-order valence-corrected chi connectivity index (χ0v) is 16.4. The molecule has 1 N–H and O–H groups in total. The van der Waals surface area contributed by atoms with E-state index in [9.17, 15) is 13.9 Å². The number of halogens is 3. The second-order valence-electron chi connectivity index (χ2n) is 7.07. The third kappa shape index (κ3) is 3.63. The van der Waals surface area contributed by atoms with E-state index in [1.807, 2.05) is 11.9 Å². The highest BCUT2D eigenvalue weighted by Crippen LogP contribution is 2.46. The van der Waals surface area contributed by atoms with Crippen LogP contribution in [-0.2, 0) is 0 Å². The minimum atomic E-state index is -1.07. The predicted molar refractivity (Wildman–Crippen MR) is 109 cm³/mol. The van der Waals surface area contributed by atoms with Gasteiger partial charge in [0.1, 0.15) is 17.7 Å². The Morgan fingerprint density at radius 1 is 1.10 bits per heavy atom. The molecule has 0 bridgehead atoms. The van der Waals surface area contributed by atoms with Crippen LogP contribution in [0.1, 0.15) is 28.7 Å². The van der Waals surface area contributed by atoms with Crippen molar-refractivity contribution in [1.82, 2.24) is 9.88 Å². The molecule has 0 saturated heterocycles. The van der Waals surface area contributed by atoms with Gasteiger partial charge in [0.25, 0.3) is 0 Å². The van der Waals surface area contributed by atoms with E-state index in [1.54, 1.807) is 54.9 Å². The Labute approximate surface area is 172 Å². The summed E-state index contributed by atoms with van der Waals surface area (Å²) < 4.78 is 29.5. The van der Waals surface area contributed by atoms with Gasteiger partial charge in [-0.2, -0.15) is 0 Å². The highest BCUT2D eigenvalue weighted by atomic mass is 35.5. The lowest BCUT2D eigenvalue weighted by molar-refractivity contribution is 0.209. The molecule has 29 heavy (non-hydrogen) atoms. The second kappa shape index (κ2) is 7.93. The summed E-state index contributed by atoms with van der Waals surface area (Å²) in [5, 5.41) is 11.5. The van der Waals surface area contributed by atoms with Gasteiger partial charge in [0, 0.05) is 53.8 Å². The van der Waals surface area contributed by atoms with Gasteiger partial charge in [0.05, 0.1) is 0 Å². The molecule has 0 spiro atoms. The summed E-state index contributed by atoms with van der Waals surface area (Å²) in [6, 6.07) is 14.4. The largest absolute Gasteiger partial charge is 0.384 e. The maximum Gasteiger partial charge on any atom is 0.132 e. The quantitative estimate of drug-likeness (QED) is 0.640. The molecule has 3 nitrogen and oxygen atoms in total. The van der Waals surface area contributed by atoms with E-state index in [2.05, 4.69) is 4.98 Å². The molecule has 1 aromatic heterocycles. The number of rotatable bonds is 4. The van der Waals surface area contributed by atoms with Gasteiger partial charge in [-0.1, -0.05) is 35.9 Å². The summed E-state index contributed by atoms with van der Waals surface area (Å²) in [4.78, 5) is 5.93. The van der Waals surface area contributed by atoms with Crippen molar-refractivity contribution in [2.75, 3.05) is 13.6 Å². The van der Waals surface area contributed by atoms with Crippen LogP contribution in [0.2, 0.25) is 5.02 Å². The van der Waals surface area contributed by atoms with Gasteiger partial charge in [-0.15, -0.1) is 0 Å². The lowest BCUT2D eigenvalue weighted by Gasteiger charge is -2.21. The smallest absolute Gasteiger partial charge is 0.132 e. The summed E-state index contributed by atoms with van der Waals surface area (Å²) >= 11 is 5.92. The number of hydrogen-bond acceptors (Lipinski definition) is 3. The highest BCUT2D eigenvalue weighted by molar-refractivity contribution is 6.30. The minimum Gasteiger partial charge on any atom is -0.384 e. The molecule has 0 amide bonds. The maximum absolute atomic E-state index is 14.8. The molecule has 0 fully saturated rings. The Morgan fingerprint density at radius 3 is 2.59 bits per heavy atom. The predicted octanol–water partition coefficient (Wildman–Crippen LogP) is 5.19. The Kier molecular flexibility index (Phi) is 5.35. The number of pyridine rings is 1. The molecule has 2 heterocycles. The summed E-state index contributed by atoms with van der Waals surface area (Å²) in [5.74, 6) is -1.33. The Balaban J connectivity index is 1.94. The lowest BCUT2D eigenvalue weighted by atomic mass is 9.85. The minimum absolute atomic E-state index is 0.297. The Bertz CT molecular complexity index is 1070. The van der Waals surface area contributed by atoms with E-state index in [0.29, 0.717) is 39.5 Å². The van der Waals surface area contributed by atoms with Gasteiger partial charge >= 0.3 is 0 Å². The average Bonchev–Trinajstić information content (AvgIpc) is 3.05. The third-order valence-electron chi connectivity index (χ3n) is 5.25. The second-order valence-corrected chi connectivity index (χ2v) is 7.51. The lowest BCUT2D eigenvalue weighted by Crippen LogP contribution is -2.16. The first-order chi connectivity index (χ1) is 14.0. The van der Waals surface area contributed by atoms with E-state index >= 15 is 0 Å². The number of nitrogens with zero attached hydrogens (tertiary/aromatic N) is 2. The van der Waals surface area contributed by atoms with Crippen molar-refractivity contribution in [1.29, 1.82) is 0 Å². The van der Waals surface area contributed by atoms with E-state index in [4.69, 9.17) is 11.6 Å². The van der Waals surface area contributed by atoms with E-state index in [0.717, 1.165) is 0 Å². The van der Waals surface area contributed by atoms with Crippen LogP contribution in [0.3, 0.4) is 0 Å². The number of likely N-dealkylation sites (N-methyl/N-ethyl adjacent to an activating group) is 1. The number of aliphatic hydroxyl groups excluding tert-OH is 1. The molecule has 0 aliphatic carbocycles. The molecule has 148 valence electrons. The topological polar surface area (TPSA) is 36.4 Å². The van der Waals surface area contributed by atoms with Crippen LogP contribution in [0, 0.1) is 11.6 Å². The van der Waals surface area contributed by atoms with Crippen LogP contribution in [-0.4, -0.2) is 28.6 Å². The van der Waals surface area contributed by atoms with Crippen molar-refractivity contribution >= 4 is 17.3 Å². The molecule has 0 radical (unpaired) electrons. The van der Waals surface area contributed by atoms with Crippen LogP contribution >= 0.6 is 11.6 Å². The fourth-order valence-electron chi connectivity index (χ4n) is 3.95. The summed E-state index contributed by atoms with van der Waals surface area (Å²) in [5.41, 5.74) is 2.42. The van der Waals surface area contributed by atoms with Crippen LogP contribution in [0.5, 0.6) is 0 Å². The summed E-state index contributed by atoms with van der Waals surface area (Å²) in [6.07, 6.45) is 2.10. The molecular weight excluding hydrogens is 394 g/mol. The Hall–Kier alpha value is -2.76. The third-order valence-corrected chi connectivity index (χ3v) is 5.48. The number of benzene rings is 2. The molecule has 1 aliphatic rings. The molecular formula is C23H19ClF2N2O. The van der Waals surface area contributed by atoms with Crippen LogP contribution in [0.15, 0.2) is 72.6 Å². The van der Waals surface area contributed by atoms with Gasteiger partial charge in [-0.3, -0.25) is 4.98 Å². The van der Waals surface area contributed by atoms with E-state index < -0.39 is 23.7 Å². The van der Waals surface area contributed by atoms with Gasteiger partial charge in [-0.25, -0.2) is 8.78 Å². The molecule has 2 atom stereocenters. The Morgan fingerprint density at radius 2 is 1.90 bits per heavy atom. The van der Waals surface area contributed by atoms with E-state index in [-0.39, 0.29) is 0 Å². The molecule has 2 unspecified atom stereocenters. The van der Waals surface area contributed by atoms with Crippen molar-refractivity contribution in [2.45, 2.75) is 12.0 Å². The van der Waals surface area contributed by atoms with Crippen LogP contribution < -0.4 is 0 Å². The first-order valence-electron chi connectivity index (χ1n) is 9.20. The standard InChI is InChI=1S/C23H19ClF2N2O/c1-28-13-18(16-9-8-15(24)11-20(16)26)21(23(29)14-5-4-10-27-12-14)22(28)17-6-2-3-7-19(17)25/h2-12,18,23,29H,13H2,1H3. The van der Waals surface area contributed by atoms with Crippen molar-refractivity contribution < 1.29 is 13.9 Å². The number of hydrogen-bond donors (Lipinski definition) is 1. The average molecular weight is 413 g/mol. The fraction of sp³-hybridized carbons (Fsp3) is 0.174. The van der Waals surface area contributed by atoms with E-state index in [1.165, 1.54) is 12.1 Å². The zero-order valence-electron chi connectivity index (χ0n) is 15.7. The van der Waals surface area contributed by atoms with Gasteiger partial charge in [0.15, 0.2) is 0 Å². The normalized spacial score (nSPS) is 17.7. The maximum atomic E-state index is 14.8. The van der Waals surface area contributed by atoms with Gasteiger partial charge in [-0.05, 0) is 41.5 Å². The van der Waals surface area contributed by atoms with Crippen molar-refractivity contribution in [3.63, 3.8) is 0 Å². The first kappa shape index (κ1) is 19.6. The molecule has 6 heteroatoms. The zero-order chi connectivity index (χ0) is 20.5. The van der Waals surface area contributed by atoms with Crippen molar-refractivity contribution in [2.24, 2.45) is 0 Å². The fourth-order valence-corrected chi connectivity index (χ4v) is 4.11. The number of aromatic nitrogens is 1. The van der Waals surface area contributed by atoms with Crippen molar-refractivity contribution in [3.05, 3.63) is 106 Å². The monoisotopic (exact) mass is 412 g/mol. The van der Waals surface area contributed by atoms with Crippen LogP contribution in [0.4, 0.5) is 8.78 Å². The first-order valence-corrected chi connectivity index (χ1v) is 9.58. The van der Waals surface area contributed by atoms with Gasteiger partial charge < -0.3 is 10.0 Å². The molecule has 1 aliphatic heterocycles.